The summed E-state index contributed by atoms with van der Waals surface area (Å²) in [4.78, 5) is 11.0. The van der Waals surface area contributed by atoms with E-state index < -0.39 is 0 Å². The van der Waals surface area contributed by atoms with E-state index in [1.807, 2.05) is 0 Å². The van der Waals surface area contributed by atoms with Crippen molar-refractivity contribution in [2.75, 3.05) is 0 Å². The number of nitro benzene ring substituents is 1. The summed E-state index contributed by atoms with van der Waals surface area (Å²) in [5.41, 5.74) is 0.954. The highest BCUT2D eigenvalue weighted by Crippen LogP contribution is 2.55. The minimum atomic E-state index is -0.351. The molecule has 0 heterocycles. The van der Waals surface area contributed by atoms with Gasteiger partial charge in [-0.05, 0) is 30.7 Å². The van der Waals surface area contributed by atoms with E-state index in [1.165, 1.54) is 6.07 Å². The van der Waals surface area contributed by atoms with Crippen LogP contribution in [0.15, 0.2) is 18.2 Å². The molecular weight excluding hydrogens is 305 g/mol. The van der Waals surface area contributed by atoms with E-state index >= 15 is 0 Å². The van der Waals surface area contributed by atoms with Crippen LogP contribution in [0.5, 0.6) is 0 Å². The Bertz CT molecular complexity index is 458. The van der Waals surface area contributed by atoms with Gasteiger partial charge >= 0.3 is 0 Å². The number of nitrogens with zero attached hydrogens (tertiary/aromatic N) is 1. The van der Waals surface area contributed by atoms with Crippen molar-refractivity contribution in [3.63, 3.8) is 0 Å². The predicted molar refractivity (Wildman–Crippen MR) is 71.9 cm³/mol. The topological polar surface area (TPSA) is 43.1 Å². The second kappa shape index (κ2) is 4.58. The Labute approximate surface area is 113 Å². The molecule has 5 heteroatoms. The molecule has 92 valence electrons. The van der Waals surface area contributed by atoms with Crippen molar-refractivity contribution in [1.29, 1.82) is 0 Å². The van der Waals surface area contributed by atoms with E-state index in [2.05, 4.69) is 22.9 Å². The third kappa shape index (κ3) is 2.47. The van der Waals surface area contributed by atoms with Gasteiger partial charge in [-0.1, -0.05) is 40.5 Å². The molecule has 1 fully saturated rings. The third-order valence-corrected chi connectivity index (χ3v) is 4.88. The summed E-state index contributed by atoms with van der Waals surface area (Å²) in [6.45, 7) is 2.09. The Kier molecular flexibility index (Phi) is 3.46. The van der Waals surface area contributed by atoms with Crippen LogP contribution in [0.3, 0.4) is 0 Å². The molecule has 0 spiro atoms. The normalized spacial score (nSPS) is 18.8. The van der Waals surface area contributed by atoms with Crippen LogP contribution >= 0.6 is 27.5 Å². The fourth-order valence-electron chi connectivity index (χ4n) is 2.12. The molecule has 3 nitrogen and oxygen atoms in total. The molecule has 1 aromatic carbocycles. The minimum Gasteiger partial charge on any atom is -0.258 e. The van der Waals surface area contributed by atoms with Gasteiger partial charge in [-0.2, -0.15) is 0 Å². The van der Waals surface area contributed by atoms with Crippen LogP contribution in [0, 0.1) is 15.5 Å². The van der Waals surface area contributed by atoms with Crippen LogP contribution < -0.4 is 0 Å². The molecule has 0 radical (unpaired) electrons. The molecule has 17 heavy (non-hydrogen) atoms. The number of halogens is 2. The lowest BCUT2D eigenvalue weighted by molar-refractivity contribution is -0.385. The third-order valence-electron chi connectivity index (χ3n) is 3.56. The van der Waals surface area contributed by atoms with Gasteiger partial charge in [0.25, 0.3) is 5.69 Å². The van der Waals surface area contributed by atoms with Crippen LogP contribution in [-0.2, 0) is 6.42 Å². The number of rotatable bonds is 4. The summed E-state index contributed by atoms with van der Waals surface area (Å²) in [5.74, 6) is 0. The molecule has 1 aliphatic carbocycles. The monoisotopic (exact) mass is 317 g/mol. The van der Waals surface area contributed by atoms with Crippen molar-refractivity contribution < 1.29 is 4.92 Å². The first-order valence-electron chi connectivity index (χ1n) is 5.52. The average molecular weight is 319 g/mol. The molecule has 0 amide bonds. The summed E-state index contributed by atoms with van der Waals surface area (Å²) >= 11 is 9.68. The van der Waals surface area contributed by atoms with E-state index in [1.54, 1.807) is 12.1 Å². The zero-order valence-electron chi connectivity index (χ0n) is 9.45. The van der Waals surface area contributed by atoms with Crippen molar-refractivity contribution >= 4 is 33.2 Å². The minimum absolute atomic E-state index is 0.136. The Balaban J connectivity index is 2.35. The number of alkyl halides is 1. The molecule has 0 aromatic heterocycles. The highest BCUT2D eigenvalue weighted by atomic mass is 79.9. The van der Waals surface area contributed by atoms with Crippen LogP contribution in [0.2, 0.25) is 5.02 Å². The van der Waals surface area contributed by atoms with Crippen LogP contribution in [0.1, 0.15) is 25.3 Å². The second-order valence-electron chi connectivity index (χ2n) is 4.65. The molecule has 1 atom stereocenters. The Hall–Kier alpha value is -0.610. The van der Waals surface area contributed by atoms with E-state index in [0.717, 1.165) is 12.8 Å². The molecule has 0 saturated heterocycles. The average Bonchev–Trinajstić information content (AvgIpc) is 3.01. The van der Waals surface area contributed by atoms with Gasteiger partial charge < -0.3 is 0 Å². The van der Waals surface area contributed by atoms with Gasteiger partial charge in [0.15, 0.2) is 0 Å². The molecule has 0 N–H and O–H groups in total. The summed E-state index contributed by atoms with van der Waals surface area (Å²) < 4.78 is 0. The zero-order valence-corrected chi connectivity index (χ0v) is 11.8. The van der Waals surface area contributed by atoms with Crippen molar-refractivity contribution in [2.45, 2.75) is 31.0 Å². The molecular formula is C12H13BrClNO2. The standard InChI is InChI=1S/C12H13BrClNO2/c1-8(13)12(5-6-12)7-9-10(14)3-2-4-11(9)15(16)17/h2-4,8H,5-7H2,1H3. The Morgan fingerprint density at radius 1 is 1.59 bits per heavy atom. The fourth-order valence-corrected chi connectivity index (χ4v) is 2.98. The lowest BCUT2D eigenvalue weighted by Crippen LogP contribution is -2.16. The number of hydrogen-bond donors (Lipinski definition) is 0. The van der Waals surface area contributed by atoms with Gasteiger partial charge in [0, 0.05) is 16.5 Å². The largest absolute Gasteiger partial charge is 0.274 e. The highest BCUT2D eigenvalue weighted by Gasteiger charge is 2.47. The highest BCUT2D eigenvalue weighted by molar-refractivity contribution is 9.09. The molecule has 1 aromatic rings. The molecule has 0 bridgehead atoms. The molecule has 1 aliphatic rings. The van der Waals surface area contributed by atoms with Gasteiger partial charge in [0.2, 0.25) is 0 Å². The number of benzene rings is 1. The number of nitro groups is 1. The van der Waals surface area contributed by atoms with Gasteiger partial charge in [-0.3, -0.25) is 10.1 Å². The number of hydrogen-bond acceptors (Lipinski definition) is 2. The van der Waals surface area contributed by atoms with E-state index in [0.29, 0.717) is 21.8 Å². The summed E-state index contributed by atoms with van der Waals surface area (Å²) in [6.07, 6.45) is 2.87. The van der Waals surface area contributed by atoms with Crippen molar-refractivity contribution in [3.8, 4) is 0 Å². The molecule has 1 unspecified atom stereocenters. The van der Waals surface area contributed by atoms with E-state index in [9.17, 15) is 10.1 Å². The summed E-state index contributed by atoms with van der Waals surface area (Å²) in [5, 5.41) is 11.5. The van der Waals surface area contributed by atoms with Crippen molar-refractivity contribution in [3.05, 3.63) is 38.9 Å². The first-order chi connectivity index (χ1) is 7.96. The molecule has 2 rings (SSSR count). The van der Waals surface area contributed by atoms with Crippen LogP contribution in [-0.4, -0.2) is 9.75 Å². The molecule has 1 saturated carbocycles. The smallest absolute Gasteiger partial charge is 0.258 e. The molecule has 0 aliphatic heterocycles. The van der Waals surface area contributed by atoms with Gasteiger partial charge in [-0.25, -0.2) is 0 Å². The van der Waals surface area contributed by atoms with Crippen LogP contribution in [0.4, 0.5) is 5.69 Å². The maximum Gasteiger partial charge on any atom is 0.274 e. The second-order valence-corrected chi connectivity index (χ2v) is 6.43. The summed E-state index contributed by atoms with van der Waals surface area (Å²) in [7, 11) is 0. The first kappa shape index (κ1) is 12.8. The maximum atomic E-state index is 11.0. The Morgan fingerprint density at radius 3 is 2.71 bits per heavy atom. The van der Waals surface area contributed by atoms with Gasteiger partial charge in [0.05, 0.1) is 9.95 Å². The SMILES string of the molecule is CC(Br)C1(Cc2c(Cl)cccc2[N+](=O)[O-])CC1. The zero-order chi connectivity index (χ0) is 12.6. The van der Waals surface area contributed by atoms with E-state index in [-0.39, 0.29) is 16.0 Å². The van der Waals surface area contributed by atoms with Crippen LogP contribution in [0.25, 0.3) is 0 Å². The fraction of sp³-hybridized carbons (Fsp3) is 0.500. The lowest BCUT2D eigenvalue weighted by atomic mass is 9.93. The van der Waals surface area contributed by atoms with Crippen molar-refractivity contribution in [1.82, 2.24) is 0 Å². The summed E-state index contributed by atoms with van der Waals surface area (Å²) in [6, 6.07) is 4.87. The van der Waals surface area contributed by atoms with Crippen molar-refractivity contribution in [2.24, 2.45) is 5.41 Å². The Morgan fingerprint density at radius 2 is 2.24 bits per heavy atom. The van der Waals surface area contributed by atoms with Gasteiger partial charge in [0.1, 0.15) is 0 Å². The first-order valence-corrected chi connectivity index (χ1v) is 6.81. The predicted octanol–water partition coefficient (Wildman–Crippen LogP) is 4.35. The lowest BCUT2D eigenvalue weighted by Gasteiger charge is -2.18. The van der Waals surface area contributed by atoms with Gasteiger partial charge in [-0.15, -0.1) is 0 Å². The van der Waals surface area contributed by atoms with E-state index in [4.69, 9.17) is 11.6 Å². The quantitative estimate of drug-likeness (QED) is 0.470. The maximum absolute atomic E-state index is 11.0.